The van der Waals surface area contributed by atoms with E-state index in [9.17, 15) is 14.4 Å². The highest BCUT2D eigenvalue weighted by atomic mass is 16.6. The van der Waals surface area contributed by atoms with Crippen molar-refractivity contribution in [2.75, 3.05) is 13.2 Å². The van der Waals surface area contributed by atoms with Crippen LogP contribution in [0.3, 0.4) is 0 Å². The molecule has 0 saturated carbocycles. The van der Waals surface area contributed by atoms with Gasteiger partial charge in [0.25, 0.3) is 0 Å². The number of carbonyl (C=O) groups excluding carboxylic acids is 3. The maximum atomic E-state index is 12.9. The van der Waals surface area contributed by atoms with Gasteiger partial charge in [0.2, 0.25) is 0 Å². The van der Waals surface area contributed by atoms with Crippen LogP contribution in [0.4, 0.5) is 0 Å². The maximum Gasteiger partial charge on any atom is 0.306 e. The number of hydrogen-bond acceptors (Lipinski definition) is 6. The van der Waals surface area contributed by atoms with Gasteiger partial charge < -0.3 is 14.2 Å². The molecule has 0 rings (SSSR count). The molecule has 0 radical (unpaired) electrons. The Hall–Kier alpha value is -3.15. The molecule has 0 aromatic carbocycles. The van der Waals surface area contributed by atoms with E-state index in [2.05, 4.69) is 93.7 Å². The van der Waals surface area contributed by atoms with E-state index >= 15 is 0 Å². The summed E-state index contributed by atoms with van der Waals surface area (Å²) in [4.78, 5) is 38.3. The van der Waals surface area contributed by atoms with Crippen LogP contribution >= 0.6 is 0 Å². The summed E-state index contributed by atoms with van der Waals surface area (Å²) in [5, 5.41) is 0. The van der Waals surface area contributed by atoms with Crippen LogP contribution in [0.15, 0.2) is 72.9 Å². The molecule has 6 heteroatoms. The molecule has 6 nitrogen and oxygen atoms in total. The fourth-order valence-electron chi connectivity index (χ4n) is 9.04. The molecule has 0 N–H and O–H groups in total. The van der Waals surface area contributed by atoms with Gasteiger partial charge in [0.1, 0.15) is 13.2 Å². The quantitative estimate of drug-likeness (QED) is 0.0261. The highest BCUT2D eigenvalue weighted by Crippen LogP contribution is 2.17. The molecule has 73 heavy (non-hydrogen) atoms. The summed E-state index contributed by atoms with van der Waals surface area (Å²) in [7, 11) is 0. The average Bonchev–Trinajstić information content (AvgIpc) is 3.39. The van der Waals surface area contributed by atoms with E-state index in [1.807, 2.05) is 0 Å². The van der Waals surface area contributed by atoms with Crippen molar-refractivity contribution in [3.63, 3.8) is 0 Å². The molecule has 0 bridgehead atoms. The van der Waals surface area contributed by atoms with Crippen LogP contribution in [0, 0.1) is 0 Å². The Kier molecular flexibility index (Phi) is 58.7. The topological polar surface area (TPSA) is 78.9 Å². The molecule has 0 saturated heterocycles. The van der Waals surface area contributed by atoms with Gasteiger partial charge in [-0.05, 0) is 70.6 Å². The SMILES string of the molecule is CCCCCCC\C=C/C=C\C=C/CCCCCCCC(=O)OCC(COC(=O)CCCCCCCCCCCCCCCCCCCCC)OC(=O)CCCCCCC\C=C/C=C\C=C/CCCCCCC. The van der Waals surface area contributed by atoms with E-state index in [4.69, 9.17) is 14.2 Å². The fraction of sp³-hybridized carbons (Fsp3) is 0.776. The zero-order valence-corrected chi connectivity index (χ0v) is 48.4. The second-order valence-corrected chi connectivity index (χ2v) is 21.1. The number of unbranched alkanes of at least 4 members (excludes halogenated alkanes) is 38. The van der Waals surface area contributed by atoms with Crippen LogP contribution < -0.4 is 0 Å². The summed E-state index contributed by atoms with van der Waals surface area (Å²) < 4.78 is 16.9. The molecule has 0 heterocycles. The van der Waals surface area contributed by atoms with Gasteiger partial charge in [-0.1, -0.05) is 299 Å². The minimum absolute atomic E-state index is 0.0881. The number of allylic oxidation sites excluding steroid dienone is 12. The summed E-state index contributed by atoms with van der Waals surface area (Å²) in [6.07, 6.45) is 78.9. The molecular weight excluding hydrogens is 901 g/mol. The third-order valence-electron chi connectivity index (χ3n) is 13.8. The molecule has 0 fully saturated rings. The van der Waals surface area contributed by atoms with E-state index in [-0.39, 0.29) is 31.1 Å². The summed E-state index contributed by atoms with van der Waals surface area (Å²) >= 11 is 0. The Morgan fingerprint density at radius 2 is 0.493 bits per heavy atom. The van der Waals surface area contributed by atoms with Gasteiger partial charge in [0.05, 0.1) is 0 Å². The van der Waals surface area contributed by atoms with Gasteiger partial charge in [-0.15, -0.1) is 0 Å². The van der Waals surface area contributed by atoms with Crippen LogP contribution in [0.2, 0.25) is 0 Å². The van der Waals surface area contributed by atoms with E-state index < -0.39 is 6.10 Å². The molecule has 0 amide bonds. The van der Waals surface area contributed by atoms with Crippen LogP contribution in [0.25, 0.3) is 0 Å². The molecule has 0 aliphatic carbocycles. The molecule has 0 aromatic rings. The summed E-state index contributed by atoms with van der Waals surface area (Å²) in [5.41, 5.74) is 0. The minimum Gasteiger partial charge on any atom is -0.462 e. The zero-order chi connectivity index (χ0) is 52.9. The summed E-state index contributed by atoms with van der Waals surface area (Å²) in [6, 6.07) is 0. The minimum atomic E-state index is -0.795. The molecule has 0 spiro atoms. The number of carbonyl (C=O) groups is 3. The lowest BCUT2D eigenvalue weighted by Crippen LogP contribution is -2.30. The zero-order valence-electron chi connectivity index (χ0n) is 48.4. The number of hydrogen-bond donors (Lipinski definition) is 0. The summed E-state index contributed by atoms with van der Waals surface area (Å²) in [5.74, 6) is -0.913. The molecule has 0 aliphatic heterocycles. The van der Waals surface area contributed by atoms with Crippen molar-refractivity contribution < 1.29 is 28.6 Å². The Labute approximate surface area is 453 Å². The second-order valence-electron chi connectivity index (χ2n) is 21.1. The smallest absolute Gasteiger partial charge is 0.306 e. The normalized spacial score (nSPS) is 12.5. The number of ether oxygens (including phenoxy) is 3. The van der Waals surface area contributed by atoms with E-state index in [1.54, 1.807) is 0 Å². The molecule has 1 atom stereocenters. The summed E-state index contributed by atoms with van der Waals surface area (Å²) in [6.45, 7) is 6.61. The third kappa shape index (κ3) is 59.6. The lowest BCUT2D eigenvalue weighted by atomic mass is 10.0. The van der Waals surface area contributed by atoms with Gasteiger partial charge in [-0.2, -0.15) is 0 Å². The van der Waals surface area contributed by atoms with Crippen molar-refractivity contribution in [2.24, 2.45) is 0 Å². The van der Waals surface area contributed by atoms with Crippen LogP contribution in [-0.2, 0) is 28.6 Å². The van der Waals surface area contributed by atoms with Gasteiger partial charge in [-0.25, -0.2) is 0 Å². The van der Waals surface area contributed by atoms with Gasteiger partial charge in [-0.3, -0.25) is 14.4 Å². The maximum absolute atomic E-state index is 12.9. The van der Waals surface area contributed by atoms with E-state index in [0.29, 0.717) is 19.3 Å². The Balaban J connectivity index is 4.44. The second kappa shape index (κ2) is 61.4. The lowest BCUT2D eigenvalue weighted by Gasteiger charge is -2.18. The first-order valence-electron chi connectivity index (χ1n) is 31.5. The largest absolute Gasteiger partial charge is 0.462 e. The predicted molar refractivity (Wildman–Crippen MR) is 316 cm³/mol. The van der Waals surface area contributed by atoms with Crippen molar-refractivity contribution in [1.82, 2.24) is 0 Å². The number of esters is 3. The highest BCUT2D eigenvalue weighted by Gasteiger charge is 2.19. The molecule has 422 valence electrons. The number of rotatable bonds is 57. The first kappa shape index (κ1) is 69.8. The van der Waals surface area contributed by atoms with Gasteiger partial charge in [0.15, 0.2) is 6.10 Å². The highest BCUT2D eigenvalue weighted by molar-refractivity contribution is 5.71. The predicted octanol–water partition coefficient (Wildman–Crippen LogP) is 21.3. The Bertz CT molecular complexity index is 1360. The third-order valence-corrected chi connectivity index (χ3v) is 13.8. The van der Waals surface area contributed by atoms with E-state index in [0.717, 1.165) is 103 Å². The van der Waals surface area contributed by atoms with Gasteiger partial charge in [0, 0.05) is 19.3 Å². The Morgan fingerprint density at radius 3 is 0.753 bits per heavy atom. The van der Waals surface area contributed by atoms with Crippen molar-refractivity contribution in [1.29, 1.82) is 0 Å². The standard InChI is InChI=1S/C67H118O6/c1-4-7-10-13-16-19-22-25-28-31-34-37-39-42-45-48-51-54-57-60-66(69)72-63-64(73-67(70)61-58-55-52-49-46-43-40-36-33-30-27-24-21-18-15-12-9-6-3)62-71-65(68)59-56-53-50-47-44-41-38-35-32-29-26-23-20-17-14-11-8-5-2/h23-24,26-27,29-30,32-33,35-36,38,40,64H,4-22,25,28,31,34,37,39,41-63H2,1-3H3/b26-23-,27-24-,32-29-,33-30-,38-35-,40-36-. The molecule has 1 unspecified atom stereocenters. The first-order chi connectivity index (χ1) is 36.0. The lowest BCUT2D eigenvalue weighted by molar-refractivity contribution is -0.167. The van der Waals surface area contributed by atoms with Gasteiger partial charge >= 0.3 is 17.9 Å². The van der Waals surface area contributed by atoms with Crippen molar-refractivity contribution in [3.8, 4) is 0 Å². The van der Waals surface area contributed by atoms with Crippen LogP contribution in [-0.4, -0.2) is 37.2 Å². The molecular formula is C67H118O6. The van der Waals surface area contributed by atoms with Crippen molar-refractivity contribution >= 4 is 17.9 Å². The fourth-order valence-corrected chi connectivity index (χ4v) is 9.04. The van der Waals surface area contributed by atoms with Crippen molar-refractivity contribution in [3.05, 3.63) is 72.9 Å². The Morgan fingerprint density at radius 1 is 0.274 bits per heavy atom. The van der Waals surface area contributed by atoms with E-state index in [1.165, 1.54) is 173 Å². The molecule has 0 aliphatic rings. The van der Waals surface area contributed by atoms with Crippen LogP contribution in [0.5, 0.6) is 0 Å². The average molecular weight is 1020 g/mol. The van der Waals surface area contributed by atoms with Crippen LogP contribution in [0.1, 0.15) is 316 Å². The molecule has 0 aromatic heterocycles. The monoisotopic (exact) mass is 1020 g/mol. The first-order valence-corrected chi connectivity index (χ1v) is 31.5. The van der Waals surface area contributed by atoms with Crippen molar-refractivity contribution in [2.45, 2.75) is 322 Å².